The second-order valence-electron chi connectivity index (χ2n) is 3.61. The van der Waals surface area contributed by atoms with Crippen molar-refractivity contribution in [3.63, 3.8) is 0 Å². The number of hydrogen-bond acceptors (Lipinski definition) is 2. The molecule has 0 N–H and O–H groups in total. The van der Waals surface area contributed by atoms with Crippen LogP contribution in [0.3, 0.4) is 0 Å². The molecule has 17 heavy (non-hydrogen) atoms. The monoisotopic (exact) mass is 263 g/mol. The molecule has 4 heteroatoms. The molecule has 0 atom stereocenters. The second kappa shape index (κ2) is 4.06. The van der Waals surface area contributed by atoms with Crippen molar-refractivity contribution in [1.82, 2.24) is 0 Å². The number of ether oxygens (including phenoxy) is 1. The molecular weight excluding hydrogens is 257 g/mol. The molecule has 0 spiro atoms. The zero-order valence-corrected chi connectivity index (χ0v) is 10.2. The smallest absolute Gasteiger partial charge is 0.154 e. The van der Waals surface area contributed by atoms with E-state index in [0.29, 0.717) is 27.4 Å². The summed E-state index contributed by atoms with van der Waals surface area (Å²) in [5.41, 5.74) is 1.46. The molecule has 1 aliphatic rings. The summed E-state index contributed by atoms with van der Waals surface area (Å²) in [4.78, 5) is 4.32. The van der Waals surface area contributed by atoms with E-state index in [1.165, 1.54) is 0 Å². The van der Waals surface area contributed by atoms with Crippen LogP contribution in [0.15, 0.2) is 47.5 Å². The lowest BCUT2D eigenvalue weighted by Gasteiger charge is -2.07. The zero-order valence-electron chi connectivity index (χ0n) is 8.65. The predicted octanol–water partition coefficient (Wildman–Crippen LogP) is 4.76. The summed E-state index contributed by atoms with van der Waals surface area (Å²) in [6.45, 7) is 0. The molecule has 0 aliphatic carbocycles. The van der Waals surface area contributed by atoms with Crippen LogP contribution in [0.5, 0.6) is 11.5 Å². The van der Waals surface area contributed by atoms with Crippen molar-refractivity contribution in [2.45, 2.75) is 0 Å². The first-order valence-corrected chi connectivity index (χ1v) is 5.80. The third-order valence-electron chi connectivity index (χ3n) is 2.47. The minimum Gasteiger partial charge on any atom is -0.454 e. The van der Waals surface area contributed by atoms with Gasteiger partial charge in [-0.2, -0.15) is 0 Å². The van der Waals surface area contributed by atoms with Crippen LogP contribution in [-0.4, -0.2) is 5.17 Å². The van der Waals surface area contributed by atoms with Gasteiger partial charge in [0.05, 0.1) is 5.56 Å². The van der Waals surface area contributed by atoms with Crippen molar-refractivity contribution in [3.05, 3.63) is 53.1 Å². The van der Waals surface area contributed by atoms with Crippen LogP contribution in [0.4, 0.5) is 5.69 Å². The maximum absolute atomic E-state index is 6.16. The van der Waals surface area contributed by atoms with E-state index in [1.807, 2.05) is 24.3 Å². The van der Waals surface area contributed by atoms with Gasteiger partial charge < -0.3 is 4.74 Å². The highest BCUT2D eigenvalue weighted by Crippen LogP contribution is 2.39. The average Bonchev–Trinajstić information content (AvgIpc) is 2.46. The van der Waals surface area contributed by atoms with Crippen LogP contribution in [0.1, 0.15) is 5.56 Å². The molecule has 3 rings (SSSR count). The largest absolute Gasteiger partial charge is 0.454 e. The molecule has 2 nitrogen and oxygen atoms in total. The van der Waals surface area contributed by atoms with Gasteiger partial charge in [-0.3, -0.25) is 0 Å². The van der Waals surface area contributed by atoms with Crippen LogP contribution in [0.2, 0.25) is 5.02 Å². The normalized spacial score (nSPS) is 12.9. The number of fused-ring (bicyclic) bond motifs is 2. The van der Waals surface area contributed by atoms with Crippen molar-refractivity contribution in [3.8, 4) is 11.5 Å². The molecule has 1 aliphatic heterocycles. The molecule has 1 heterocycles. The van der Waals surface area contributed by atoms with E-state index < -0.39 is 0 Å². The van der Waals surface area contributed by atoms with Gasteiger partial charge in [-0.05, 0) is 24.3 Å². The molecule has 0 fully saturated rings. The van der Waals surface area contributed by atoms with Crippen LogP contribution in [0, 0.1) is 0 Å². The third kappa shape index (κ3) is 1.90. The van der Waals surface area contributed by atoms with Gasteiger partial charge in [0, 0.05) is 11.1 Å². The summed E-state index contributed by atoms with van der Waals surface area (Å²) >= 11 is 12.1. The van der Waals surface area contributed by atoms with Crippen LogP contribution >= 0.6 is 23.2 Å². The quantitative estimate of drug-likeness (QED) is 0.672. The first-order chi connectivity index (χ1) is 8.24. The van der Waals surface area contributed by atoms with Gasteiger partial charge in [-0.1, -0.05) is 35.3 Å². The third-order valence-corrected chi connectivity index (χ3v) is 2.99. The fraction of sp³-hybridized carbons (Fsp3) is 0. The molecule has 0 unspecified atom stereocenters. The number of benzene rings is 2. The Morgan fingerprint density at radius 2 is 1.76 bits per heavy atom. The topological polar surface area (TPSA) is 21.6 Å². The standard InChI is InChI=1S/C13H7Cl2NO/c14-8-5-6-10-12(7-8)17-11-4-2-1-3-9(11)13(15)16-10/h1-7H. The highest BCUT2D eigenvalue weighted by atomic mass is 35.5. The number of nitrogens with zero attached hydrogens (tertiary/aromatic N) is 1. The van der Waals surface area contributed by atoms with E-state index in [9.17, 15) is 0 Å². The highest BCUT2D eigenvalue weighted by molar-refractivity contribution is 6.70. The molecule has 2 aromatic rings. The molecule has 0 bridgehead atoms. The van der Waals surface area contributed by atoms with Gasteiger partial charge in [0.2, 0.25) is 0 Å². The van der Waals surface area contributed by atoms with Crippen molar-refractivity contribution in [1.29, 1.82) is 0 Å². The fourth-order valence-electron chi connectivity index (χ4n) is 1.67. The maximum atomic E-state index is 6.16. The summed E-state index contributed by atoms with van der Waals surface area (Å²) in [7, 11) is 0. The Hall–Kier alpha value is -1.51. The fourth-order valence-corrected chi connectivity index (χ4v) is 2.08. The molecular formula is C13H7Cl2NO. The van der Waals surface area contributed by atoms with Crippen LogP contribution in [0.25, 0.3) is 0 Å². The van der Waals surface area contributed by atoms with Gasteiger partial charge in [-0.15, -0.1) is 0 Å². The zero-order chi connectivity index (χ0) is 11.8. The average molecular weight is 264 g/mol. The van der Waals surface area contributed by atoms with E-state index in [4.69, 9.17) is 27.9 Å². The van der Waals surface area contributed by atoms with E-state index in [0.717, 1.165) is 5.56 Å². The molecule has 2 aromatic carbocycles. The highest BCUT2D eigenvalue weighted by Gasteiger charge is 2.16. The van der Waals surface area contributed by atoms with Gasteiger partial charge in [-0.25, -0.2) is 4.99 Å². The Balaban J connectivity index is 2.24. The summed E-state index contributed by atoms with van der Waals surface area (Å²) < 4.78 is 5.77. The molecule has 0 saturated carbocycles. The first kappa shape index (κ1) is 10.6. The van der Waals surface area contributed by atoms with Crippen molar-refractivity contribution >= 4 is 34.1 Å². The van der Waals surface area contributed by atoms with E-state index >= 15 is 0 Å². The Bertz CT molecular complexity index is 623. The molecule has 0 aromatic heterocycles. The van der Waals surface area contributed by atoms with E-state index in [1.54, 1.807) is 18.2 Å². The van der Waals surface area contributed by atoms with Gasteiger partial charge >= 0.3 is 0 Å². The summed E-state index contributed by atoms with van der Waals surface area (Å²) in [6.07, 6.45) is 0. The van der Waals surface area contributed by atoms with Crippen molar-refractivity contribution in [2.24, 2.45) is 4.99 Å². The summed E-state index contributed by atoms with van der Waals surface area (Å²) in [5.74, 6) is 1.29. The SMILES string of the molecule is ClC1=Nc2ccc(Cl)cc2Oc2ccccc21. The molecule has 0 radical (unpaired) electrons. The van der Waals surface area contributed by atoms with Crippen molar-refractivity contribution in [2.75, 3.05) is 0 Å². The van der Waals surface area contributed by atoms with E-state index in [2.05, 4.69) is 4.99 Å². The Kier molecular flexibility index (Phi) is 2.54. The minimum absolute atomic E-state index is 0.418. The number of halogens is 2. The molecule has 0 saturated heterocycles. The number of hydrogen-bond donors (Lipinski definition) is 0. The lowest BCUT2D eigenvalue weighted by molar-refractivity contribution is 0.485. The summed E-state index contributed by atoms with van der Waals surface area (Å²) in [5, 5.41) is 1.02. The number of para-hydroxylation sites is 1. The first-order valence-electron chi connectivity index (χ1n) is 5.05. The van der Waals surface area contributed by atoms with E-state index in [-0.39, 0.29) is 0 Å². The van der Waals surface area contributed by atoms with Crippen molar-refractivity contribution < 1.29 is 4.74 Å². The van der Waals surface area contributed by atoms with Gasteiger partial charge in [0.15, 0.2) is 5.75 Å². The van der Waals surface area contributed by atoms with Crippen LogP contribution < -0.4 is 4.74 Å². The number of rotatable bonds is 0. The van der Waals surface area contributed by atoms with Gasteiger partial charge in [0.1, 0.15) is 16.6 Å². The lowest BCUT2D eigenvalue weighted by Crippen LogP contribution is -1.92. The minimum atomic E-state index is 0.418. The number of aliphatic imine (C=N–C) groups is 1. The summed E-state index contributed by atoms with van der Waals surface area (Å²) in [6, 6.07) is 12.8. The van der Waals surface area contributed by atoms with Crippen LogP contribution in [-0.2, 0) is 0 Å². The predicted molar refractivity (Wildman–Crippen MR) is 70.0 cm³/mol. The Morgan fingerprint density at radius 1 is 0.941 bits per heavy atom. The Morgan fingerprint density at radius 3 is 2.65 bits per heavy atom. The van der Waals surface area contributed by atoms with Gasteiger partial charge in [0.25, 0.3) is 0 Å². The Labute approximate surface area is 108 Å². The molecule has 84 valence electrons. The lowest BCUT2D eigenvalue weighted by atomic mass is 10.2. The second-order valence-corrected chi connectivity index (χ2v) is 4.41. The maximum Gasteiger partial charge on any atom is 0.154 e. The molecule has 0 amide bonds.